The molecular weight excluding hydrogens is 259 g/mol. The van der Waals surface area contributed by atoms with E-state index in [0.717, 1.165) is 23.8 Å². The molecule has 0 saturated heterocycles. The van der Waals surface area contributed by atoms with Crippen molar-refractivity contribution in [3.8, 4) is 0 Å². The molecule has 2 N–H and O–H groups in total. The molecule has 1 aromatic carbocycles. The van der Waals surface area contributed by atoms with Gasteiger partial charge in [0.2, 0.25) is 0 Å². The van der Waals surface area contributed by atoms with Gasteiger partial charge in [0.05, 0.1) is 12.2 Å². The molecule has 0 aliphatic heterocycles. The highest BCUT2D eigenvalue weighted by atomic mass is 35.5. The molecular formula is C12H16Cl2N2O. The lowest BCUT2D eigenvalue weighted by Gasteiger charge is -1.95. The van der Waals surface area contributed by atoms with E-state index in [1.165, 1.54) is 5.56 Å². The Labute approximate surface area is 113 Å². The van der Waals surface area contributed by atoms with Crippen LogP contribution in [0.15, 0.2) is 34.7 Å². The summed E-state index contributed by atoms with van der Waals surface area (Å²) in [6.07, 6.45) is 0.724. The number of nitrogens with zero attached hydrogens (tertiary/aromatic N) is 1. The molecule has 0 saturated carbocycles. The van der Waals surface area contributed by atoms with Crippen LogP contribution >= 0.6 is 24.8 Å². The van der Waals surface area contributed by atoms with Crippen molar-refractivity contribution in [3.05, 3.63) is 53.2 Å². The summed E-state index contributed by atoms with van der Waals surface area (Å²) in [5.74, 6) is 1.51. The summed E-state index contributed by atoms with van der Waals surface area (Å²) in [7, 11) is 0. The number of hydrogen-bond donors (Lipinski definition) is 1. The van der Waals surface area contributed by atoms with Gasteiger partial charge < -0.3 is 10.2 Å². The third kappa shape index (κ3) is 4.04. The van der Waals surface area contributed by atoms with Gasteiger partial charge in [-0.2, -0.15) is 0 Å². The quantitative estimate of drug-likeness (QED) is 0.937. The van der Waals surface area contributed by atoms with Gasteiger partial charge >= 0.3 is 0 Å². The van der Waals surface area contributed by atoms with Crippen molar-refractivity contribution in [1.29, 1.82) is 0 Å². The molecule has 3 nitrogen and oxygen atoms in total. The molecule has 0 unspecified atom stereocenters. The van der Waals surface area contributed by atoms with Gasteiger partial charge in [-0.15, -0.1) is 24.8 Å². The molecule has 1 aromatic heterocycles. The highest BCUT2D eigenvalue weighted by Crippen LogP contribution is 2.13. The fourth-order valence-electron chi connectivity index (χ4n) is 1.52. The number of hydrogen-bond acceptors (Lipinski definition) is 3. The average Bonchev–Trinajstić information content (AvgIpc) is 2.60. The Morgan fingerprint density at radius 3 is 2.35 bits per heavy atom. The lowest BCUT2D eigenvalue weighted by Crippen LogP contribution is -1.95. The number of benzene rings is 1. The van der Waals surface area contributed by atoms with Gasteiger partial charge in [0.1, 0.15) is 5.76 Å². The first-order valence-electron chi connectivity index (χ1n) is 4.99. The van der Waals surface area contributed by atoms with Crippen LogP contribution in [-0.4, -0.2) is 4.98 Å². The molecule has 0 bridgehead atoms. The van der Waals surface area contributed by atoms with Crippen molar-refractivity contribution in [2.75, 3.05) is 0 Å². The molecule has 0 atom stereocenters. The number of rotatable bonds is 3. The largest absolute Gasteiger partial charge is 0.444 e. The molecule has 0 fully saturated rings. The van der Waals surface area contributed by atoms with Crippen LogP contribution in [0.4, 0.5) is 0 Å². The summed E-state index contributed by atoms with van der Waals surface area (Å²) in [5.41, 5.74) is 7.61. The van der Waals surface area contributed by atoms with Crippen LogP contribution in [0.1, 0.15) is 22.9 Å². The first-order valence-corrected chi connectivity index (χ1v) is 4.99. The van der Waals surface area contributed by atoms with Crippen molar-refractivity contribution in [3.63, 3.8) is 0 Å². The van der Waals surface area contributed by atoms with Crippen molar-refractivity contribution < 1.29 is 4.42 Å². The lowest BCUT2D eigenvalue weighted by atomic mass is 10.1. The predicted molar refractivity (Wildman–Crippen MR) is 72.9 cm³/mol. The third-order valence-corrected chi connectivity index (χ3v) is 2.32. The highest BCUT2D eigenvalue weighted by molar-refractivity contribution is 5.85. The van der Waals surface area contributed by atoms with Crippen molar-refractivity contribution in [2.45, 2.75) is 19.9 Å². The van der Waals surface area contributed by atoms with Crippen LogP contribution in [-0.2, 0) is 13.0 Å². The van der Waals surface area contributed by atoms with Gasteiger partial charge in [-0.1, -0.05) is 30.3 Å². The van der Waals surface area contributed by atoms with E-state index in [0.29, 0.717) is 6.54 Å². The maximum atomic E-state index is 5.53. The Morgan fingerprint density at radius 2 is 1.82 bits per heavy atom. The second kappa shape index (κ2) is 7.33. The van der Waals surface area contributed by atoms with Crippen LogP contribution in [0.5, 0.6) is 0 Å². The van der Waals surface area contributed by atoms with Gasteiger partial charge in [-0.25, -0.2) is 4.98 Å². The Balaban J connectivity index is 0.00000128. The van der Waals surface area contributed by atoms with E-state index in [-0.39, 0.29) is 24.8 Å². The van der Waals surface area contributed by atoms with Crippen LogP contribution in [0.3, 0.4) is 0 Å². The van der Waals surface area contributed by atoms with E-state index in [1.54, 1.807) is 0 Å². The number of halogens is 2. The van der Waals surface area contributed by atoms with E-state index >= 15 is 0 Å². The zero-order valence-corrected chi connectivity index (χ0v) is 11.2. The molecule has 0 aliphatic carbocycles. The number of nitrogens with two attached hydrogens (primary N) is 1. The minimum absolute atomic E-state index is 0. The summed E-state index contributed by atoms with van der Waals surface area (Å²) in [4.78, 5) is 4.33. The number of oxazole rings is 1. The van der Waals surface area contributed by atoms with Crippen molar-refractivity contribution >= 4 is 24.8 Å². The second-order valence-electron chi connectivity index (χ2n) is 3.48. The smallest absolute Gasteiger partial charge is 0.199 e. The Morgan fingerprint density at radius 1 is 1.18 bits per heavy atom. The molecule has 0 spiro atoms. The molecule has 2 rings (SSSR count). The van der Waals surface area contributed by atoms with Gasteiger partial charge in [-0.3, -0.25) is 0 Å². The zero-order valence-electron chi connectivity index (χ0n) is 9.55. The van der Waals surface area contributed by atoms with Gasteiger partial charge in [0.15, 0.2) is 5.89 Å². The van der Waals surface area contributed by atoms with E-state index in [2.05, 4.69) is 17.1 Å². The molecule has 0 radical (unpaired) electrons. The molecule has 0 amide bonds. The number of aryl methyl sites for hydroxylation is 1. The fourth-order valence-corrected chi connectivity index (χ4v) is 1.52. The van der Waals surface area contributed by atoms with E-state index in [9.17, 15) is 0 Å². The van der Waals surface area contributed by atoms with E-state index in [4.69, 9.17) is 10.2 Å². The van der Waals surface area contributed by atoms with Crippen LogP contribution in [0.25, 0.3) is 0 Å². The first-order chi connectivity index (χ1) is 7.29. The number of aromatic nitrogens is 1. The van der Waals surface area contributed by atoms with Crippen molar-refractivity contribution in [2.24, 2.45) is 5.73 Å². The monoisotopic (exact) mass is 274 g/mol. The Kier molecular flexibility index (Phi) is 6.88. The first kappa shape index (κ1) is 16.0. The SMILES string of the molecule is Cc1nc(Cc2ccccc2)oc1CN.Cl.Cl. The minimum atomic E-state index is 0. The molecule has 5 heteroatoms. The Bertz CT molecular complexity index is 443. The standard InChI is InChI=1S/C12H14N2O.2ClH/c1-9-11(8-13)15-12(14-9)7-10-5-3-2-4-6-10;;/h2-6H,7-8,13H2,1H3;2*1H. The summed E-state index contributed by atoms with van der Waals surface area (Å²) in [6.45, 7) is 2.33. The summed E-state index contributed by atoms with van der Waals surface area (Å²) in [6, 6.07) is 10.1. The van der Waals surface area contributed by atoms with Gasteiger partial charge in [-0.05, 0) is 12.5 Å². The molecule has 2 aromatic rings. The van der Waals surface area contributed by atoms with Gasteiger partial charge in [0.25, 0.3) is 0 Å². The normalized spacial score (nSPS) is 9.29. The molecule has 1 heterocycles. The average molecular weight is 275 g/mol. The van der Waals surface area contributed by atoms with Gasteiger partial charge in [0, 0.05) is 6.42 Å². The topological polar surface area (TPSA) is 52.0 Å². The summed E-state index contributed by atoms with van der Waals surface area (Å²) >= 11 is 0. The second-order valence-corrected chi connectivity index (χ2v) is 3.48. The summed E-state index contributed by atoms with van der Waals surface area (Å²) < 4.78 is 5.53. The molecule has 94 valence electrons. The van der Waals surface area contributed by atoms with Crippen LogP contribution in [0, 0.1) is 6.92 Å². The molecule has 17 heavy (non-hydrogen) atoms. The maximum Gasteiger partial charge on any atom is 0.199 e. The van der Waals surface area contributed by atoms with E-state index in [1.807, 2.05) is 25.1 Å². The fraction of sp³-hybridized carbons (Fsp3) is 0.250. The predicted octanol–water partition coefficient (Wildman–Crippen LogP) is 2.88. The van der Waals surface area contributed by atoms with E-state index < -0.39 is 0 Å². The van der Waals surface area contributed by atoms with Crippen LogP contribution < -0.4 is 5.73 Å². The highest BCUT2D eigenvalue weighted by Gasteiger charge is 2.07. The minimum Gasteiger partial charge on any atom is -0.444 e. The maximum absolute atomic E-state index is 5.53. The zero-order chi connectivity index (χ0) is 10.7. The molecule has 0 aliphatic rings. The lowest BCUT2D eigenvalue weighted by molar-refractivity contribution is 0.464. The van der Waals surface area contributed by atoms with Crippen molar-refractivity contribution in [1.82, 2.24) is 4.98 Å². The summed E-state index contributed by atoms with van der Waals surface area (Å²) in [5, 5.41) is 0. The van der Waals surface area contributed by atoms with Crippen LogP contribution in [0.2, 0.25) is 0 Å². The third-order valence-electron chi connectivity index (χ3n) is 2.32. The Hall–Kier alpha value is -1.03.